The second kappa shape index (κ2) is 10.1. The zero-order valence-corrected chi connectivity index (χ0v) is 18.2. The average molecular weight is 444 g/mol. The molecule has 4 rings (SSSR count). The highest BCUT2D eigenvalue weighted by Crippen LogP contribution is 2.39. The molecule has 0 radical (unpaired) electrons. The maximum absolute atomic E-state index is 12.9. The number of methoxy groups -OCH3 is 1. The van der Waals surface area contributed by atoms with Gasteiger partial charge in [0.15, 0.2) is 0 Å². The van der Waals surface area contributed by atoms with Crippen molar-refractivity contribution < 1.29 is 24.2 Å². The maximum atomic E-state index is 12.9. The van der Waals surface area contributed by atoms with Crippen LogP contribution in [0.1, 0.15) is 22.7 Å². The summed E-state index contributed by atoms with van der Waals surface area (Å²) in [6.07, 6.45) is 3.04. The van der Waals surface area contributed by atoms with Crippen LogP contribution < -0.4 is 4.74 Å². The second-order valence-electron chi connectivity index (χ2n) is 7.56. The molecule has 7 nitrogen and oxygen atoms in total. The maximum Gasteiger partial charge on any atom is 0.295 e. The van der Waals surface area contributed by atoms with E-state index < -0.39 is 17.7 Å². The Hall–Kier alpha value is -3.97. The highest BCUT2D eigenvalue weighted by molar-refractivity contribution is 6.46. The van der Waals surface area contributed by atoms with Crippen LogP contribution in [0.3, 0.4) is 0 Å². The van der Waals surface area contributed by atoms with Gasteiger partial charge in [0.05, 0.1) is 18.2 Å². The largest absolute Gasteiger partial charge is 0.507 e. The van der Waals surface area contributed by atoms with Crippen molar-refractivity contribution in [2.75, 3.05) is 20.3 Å². The number of aromatic nitrogens is 1. The first-order valence-corrected chi connectivity index (χ1v) is 10.5. The number of hydrogen-bond donors (Lipinski definition) is 1. The Morgan fingerprint density at radius 1 is 1.00 bits per heavy atom. The predicted molar refractivity (Wildman–Crippen MR) is 122 cm³/mol. The topological polar surface area (TPSA) is 89.0 Å². The molecule has 1 unspecified atom stereocenters. The first kappa shape index (κ1) is 22.2. The Morgan fingerprint density at radius 3 is 2.36 bits per heavy atom. The first-order chi connectivity index (χ1) is 16.1. The van der Waals surface area contributed by atoms with Gasteiger partial charge in [-0.3, -0.25) is 14.6 Å². The number of rotatable bonds is 8. The minimum absolute atomic E-state index is 0.0419. The Kier molecular flexibility index (Phi) is 6.80. The molecule has 1 amide bonds. The van der Waals surface area contributed by atoms with Crippen LogP contribution in [0.5, 0.6) is 5.75 Å². The van der Waals surface area contributed by atoms with E-state index in [-0.39, 0.29) is 24.5 Å². The molecule has 3 aromatic rings. The number of carbonyl (C=O) groups excluding carboxylic acids is 2. The van der Waals surface area contributed by atoms with E-state index in [2.05, 4.69) is 4.98 Å². The normalized spacial score (nSPS) is 17.4. The van der Waals surface area contributed by atoms with Crippen molar-refractivity contribution in [2.45, 2.75) is 12.6 Å². The van der Waals surface area contributed by atoms with Gasteiger partial charge in [-0.25, -0.2) is 0 Å². The van der Waals surface area contributed by atoms with E-state index in [0.29, 0.717) is 23.5 Å². The minimum atomic E-state index is -0.739. The van der Waals surface area contributed by atoms with Crippen molar-refractivity contribution in [1.29, 1.82) is 0 Å². The van der Waals surface area contributed by atoms with Gasteiger partial charge < -0.3 is 19.5 Å². The SMILES string of the molecule is COCCN1C(=O)C(=O)/C(=C(/O)c2ccncc2)C1c1ccc(OCc2ccccc2)cc1. The van der Waals surface area contributed by atoms with Gasteiger partial charge in [-0.15, -0.1) is 0 Å². The lowest BCUT2D eigenvalue weighted by molar-refractivity contribution is -0.140. The molecule has 1 aliphatic heterocycles. The quantitative estimate of drug-likeness (QED) is 0.324. The van der Waals surface area contributed by atoms with E-state index in [4.69, 9.17) is 9.47 Å². The fourth-order valence-electron chi connectivity index (χ4n) is 3.80. The van der Waals surface area contributed by atoms with Gasteiger partial charge in [0, 0.05) is 31.6 Å². The van der Waals surface area contributed by atoms with Gasteiger partial charge in [-0.05, 0) is 35.4 Å². The van der Waals surface area contributed by atoms with Gasteiger partial charge in [0.25, 0.3) is 11.7 Å². The summed E-state index contributed by atoms with van der Waals surface area (Å²) in [7, 11) is 1.53. The molecule has 1 saturated heterocycles. The Balaban J connectivity index is 1.66. The van der Waals surface area contributed by atoms with Crippen LogP contribution >= 0.6 is 0 Å². The van der Waals surface area contributed by atoms with E-state index in [1.54, 1.807) is 36.4 Å². The summed E-state index contributed by atoms with van der Waals surface area (Å²) in [6.45, 7) is 0.900. The molecule has 1 atom stereocenters. The number of benzene rings is 2. The average Bonchev–Trinajstić information content (AvgIpc) is 3.12. The number of pyridine rings is 1. The highest BCUT2D eigenvalue weighted by atomic mass is 16.5. The number of amides is 1. The van der Waals surface area contributed by atoms with Crippen molar-refractivity contribution in [2.24, 2.45) is 0 Å². The Labute approximate surface area is 191 Å². The van der Waals surface area contributed by atoms with Gasteiger partial charge in [-0.2, -0.15) is 0 Å². The molecule has 1 aliphatic rings. The fourth-order valence-corrected chi connectivity index (χ4v) is 3.80. The van der Waals surface area contributed by atoms with Crippen molar-refractivity contribution in [3.63, 3.8) is 0 Å². The van der Waals surface area contributed by atoms with E-state index in [9.17, 15) is 14.7 Å². The number of aliphatic hydroxyl groups excluding tert-OH is 1. The van der Waals surface area contributed by atoms with Crippen molar-refractivity contribution in [1.82, 2.24) is 9.88 Å². The molecule has 0 aliphatic carbocycles. The molecular formula is C26H24N2O5. The lowest BCUT2D eigenvalue weighted by Gasteiger charge is -2.25. The van der Waals surface area contributed by atoms with Crippen molar-refractivity contribution in [3.8, 4) is 5.75 Å². The first-order valence-electron chi connectivity index (χ1n) is 10.5. The van der Waals surface area contributed by atoms with E-state index in [1.165, 1.54) is 24.4 Å². The number of aliphatic hydroxyl groups is 1. The number of likely N-dealkylation sites (tertiary alicyclic amines) is 1. The molecule has 0 saturated carbocycles. The van der Waals surface area contributed by atoms with Crippen molar-refractivity contribution >= 4 is 17.4 Å². The van der Waals surface area contributed by atoms with Crippen LogP contribution in [-0.4, -0.2) is 46.9 Å². The summed E-state index contributed by atoms with van der Waals surface area (Å²) in [6, 6.07) is 19.5. The lowest BCUT2D eigenvalue weighted by atomic mass is 9.95. The molecule has 7 heteroatoms. The molecule has 1 N–H and O–H groups in total. The molecule has 33 heavy (non-hydrogen) atoms. The molecule has 2 heterocycles. The number of nitrogens with zero attached hydrogens (tertiary/aromatic N) is 2. The molecule has 1 aromatic heterocycles. The number of ether oxygens (including phenoxy) is 2. The number of ketones is 1. The summed E-state index contributed by atoms with van der Waals surface area (Å²) >= 11 is 0. The van der Waals surface area contributed by atoms with Crippen molar-refractivity contribution in [3.05, 3.63) is 101 Å². The van der Waals surface area contributed by atoms with Gasteiger partial charge >= 0.3 is 0 Å². The van der Waals surface area contributed by atoms with E-state index in [0.717, 1.165) is 5.56 Å². The summed E-state index contributed by atoms with van der Waals surface area (Å²) in [5, 5.41) is 10.9. The molecule has 168 valence electrons. The third-order valence-electron chi connectivity index (χ3n) is 5.47. The van der Waals surface area contributed by atoms with Crippen LogP contribution in [0.15, 0.2) is 84.7 Å². The van der Waals surface area contributed by atoms with E-state index in [1.807, 2.05) is 30.3 Å². The van der Waals surface area contributed by atoms with Gasteiger partial charge in [0.1, 0.15) is 18.1 Å². The van der Waals surface area contributed by atoms with Gasteiger partial charge in [0.2, 0.25) is 0 Å². The summed E-state index contributed by atoms with van der Waals surface area (Å²) in [5.74, 6) is -0.970. The summed E-state index contributed by atoms with van der Waals surface area (Å²) < 4.78 is 11.0. The summed E-state index contributed by atoms with van der Waals surface area (Å²) in [4.78, 5) is 31.1. The smallest absolute Gasteiger partial charge is 0.295 e. The van der Waals surface area contributed by atoms with Crippen LogP contribution in [0.25, 0.3) is 5.76 Å². The molecule has 0 bridgehead atoms. The fraction of sp³-hybridized carbons (Fsp3) is 0.192. The highest BCUT2D eigenvalue weighted by Gasteiger charge is 2.45. The number of hydrogen-bond acceptors (Lipinski definition) is 6. The van der Waals surface area contributed by atoms with Crippen LogP contribution in [0.4, 0.5) is 0 Å². The molecule has 2 aromatic carbocycles. The number of Topliss-reactive ketones (excluding diaryl/α,β-unsaturated/α-hetero) is 1. The van der Waals surface area contributed by atoms with Crippen LogP contribution in [0, 0.1) is 0 Å². The standard InChI is InChI=1S/C26H24N2O5/c1-32-16-15-28-23(22(25(30)26(28)31)24(29)20-11-13-27-14-12-20)19-7-9-21(10-8-19)33-17-18-5-3-2-4-6-18/h2-14,23,29H,15-17H2,1H3/b24-22+. The lowest BCUT2D eigenvalue weighted by Crippen LogP contribution is -2.32. The third-order valence-corrected chi connectivity index (χ3v) is 5.47. The molecule has 1 fully saturated rings. The number of carbonyl (C=O) groups is 2. The zero-order valence-electron chi connectivity index (χ0n) is 18.2. The zero-order chi connectivity index (χ0) is 23.2. The van der Waals surface area contributed by atoms with Crippen LogP contribution in [0.2, 0.25) is 0 Å². The predicted octanol–water partition coefficient (Wildman–Crippen LogP) is 3.73. The molecular weight excluding hydrogens is 420 g/mol. The Morgan fingerprint density at radius 2 is 1.70 bits per heavy atom. The molecule has 0 spiro atoms. The van der Waals surface area contributed by atoms with Gasteiger partial charge in [-0.1, -0.05) is 42.5 Å². The van der Waals surface area contributed by atoms with E-state index >= 15 is 0 Å². The van der Waals surface area contributed by atoms with Crippen LogP contribution in [-0.2, 0) is 20.9 Å². The second-order valence-corrected chi connectivity index (χ2v) is 7.56. The minimum Gasteiger partial charge on any atom is -0.507 e. The monoisotopic (exact) mass is 444 g/mol. The third kappa shape index (κ3) is 4.78. The Bertz CT molecular complexity index is 1140. The summed E-state index contributed by atoms with van der Waals surface area (Å²) in [5.41, 5.74) is 2.20.